The summed E-state index contributed by atoms with van der Waals surface area (Å²) in [6, 6.07) is 3.39. The molecule has 1 N–H and O–H groups in total. The molecule has 1 aliphatic rings. The maximum absolute atomic E-state index is 12.3. The summed E-state index contributed by atoms with van der Waals surface area (Å²) in [6.07, 6.45) is 3.59. The highest BCUT2D eigenvalue weighted by molar-refractivity contribution is 7.91. The van der Waals surface area contributed by atoms with Crippen molar-refractivity contribution < 1.29 is 13.2 Å². The van der Waals surface area contributed by atoms with Gasteiger partial charge in [0.25, 0.3) is 0 Å². The molecule has 6 nitrogen and oxygen atoms in total. The van der Waals surface area contributed by atoms with Crippen molar-refractivity contribution in [3.8, 4) is 0 Å². The Morgan fingerprint density at radius 3 is 2.76 bits per heavy atom. The number of hydrogen-bond acceptors (Lipinski definition) is 5. The summed E-state index contributed by atoms with van der Waals surface area (Å²) in [5.74, 6) is 0.130. The van der Waals surface area contributed by atoms with E-state index in [-0.39, 0.29) is 35.9 Å². The lowest BCUT2D eigenvalue weighted by Crippen LogP contribution is -2.47. The molecule has 116 valence electrons. The van der Waals surface area contributed by atoms with E-state index in [9.17, 15) is 13.2 Å². The van der Waals surface area contributed by atoms with Crippen LogP contribution in [0.15, 0.2) is 24.5 Å². The van der Waals surface area contributed by atoms with Gasteiger partial charge in [0.1, 0.15) is 0 Å². The lowest BCUT2D eigenvalue weighted by atomic mass is 10.1. The Hall–Kier alpha value is -1.47. The van der Waals surface area contributed by atoms with Crippen LogP contribution in [0.3, 0.4) is 0 Å². The number of nitrogens with zero attached hydrogens (tertiary/aromatic N) is 2. The average Bonchev–Trinajstić information content (AvgIpc) is 2.45. The molecule has 7 heteroatoms. The minimum atomic E-state index is -3.02. The van der Waals surface area contributed by atoms with E-state index in [1.54, 1.807) is 24.3 Å². The normalized spacial score (nSPS) is 22.5. The molecule has 2 atom stereocenters. The fourth-order valence-electron chi connectivity index (χ4n) is 2.43. The molecule has 0 aliphatic carbocycles. The highest BCUT2D eigenvalue weighted by Crippen LogP contribution is 2.19. The third-order valence-corrected chi connectivity index (χ3v) is 5.62. The minimum Gasteiger partial charge on any atom is -0.339 e. The van der Waals surface area contributed by atoms with E-state index >= 15 is 0 Å². The predicted octanol–water partition coefficient (Wildman–Crippen LogP) is 0.378. The van der Waals surface area contributed by atoms with Gasteiger partial charge in [0.2, 0.25) is 5.91 Å². The highest BCUT2D eigenvalue weighted by Gasteiger charge is 2.28. The number of hydrogen-bond donors (Lipinski definition) is 1. The van der Waals surface area contributed by atoms with E-state index in [0.29, 0.717) is 6.54 Å². The number of nitrogens with one attached hydrogen (secondary N) is 1. The van der Waals surface area contributed by atoms with Crippen molar-refractivity contribution in [1.29, 1.82) is 0 Å². The quantitative estimate of drug-likeness (QED) is 0.869. The van der Waals surface area contributed by atoms with Crippen molar-refractivity contribution in [2.75, 3.05) is 25.1 Å². The summed E-state index contributed by atoms with van der Waals surface area (Å²) in [4.78, 5) is 17.9. The van der Waals surface area contributed by atoms with Gasteiger partial charge in [-0.3, -0.25) is 9.78 Å². The fraction of sp³-hybridized carbons (Fsp3) is 0.571. The highest BCUT2D eigenvalue weighted by atomic mass is 32.2. The van der Waals surface area contributed by atoms with E-state index in [0.717, 1.165) is 5.56 Å². The molecule has 0 bridgehead atoms. The van der Waals surface area contributed by atoms with Crippen LogP contribution >= 0.6 is 0 Å². The lowest BCUT2D eigenvalue weighted by Gasteiger charge is -2.29. The van der Waals surface area contributed by atoms with Crippen molar-refractivity contribution in [3.05, 3.63) is 30.1 Å². The van der Waals surface area contributed by atoms with Gasteiger partial charge >= 0.3 is 0 Å². The van der Waals surface area contributed by atoms with Gasteiger partial charge in [0, 0.05) is 38.4 Å². The number of carbonyl (C=O) groups excluding carboxylic acids is 1. The van der Waals surface area contributed by atoms with E-state index in [4.69, 9.17) is 0 Å². The average molecular weight is 311 g/mol. The maximum Gasteiger partial charge on any atom is 0.224 e. The zero-order chi connectivity index (χ0) is 15.5. The number of pyridine rings is 1. The SMILES string of the molecule is CC(c1ccncc1)N(C)C(=O)CC1CS(=O)(=O)CCN1. The van der Waals surface area contributed by atoms with Gasteiger partial charge in [0.15, 0.2) is 9.84 Å². The van der Waals surface area contributed by atoms with Crippen molar-refractivity contribution in [1.82, 2.24) is 15.2 Å². The first-order valence-electron chi connectivity index (χ1n) is 6.98. The van der Waals surface area contributed by atoms with Gasteiger partial charge in [-0.2, -0.15) is 0 Å². The van der Waals surface area contributed by atoms with Gasteiger partial charge in [-0.05, 0) is 24.6 Å². The van der Waals surface area contributed by atoms with Crippen molar-refractivity contribution in [3.63, 3.8) is 0 Å². The largest absolute Gasteiger partial charge is 0.339 e. The smallest absolute Gasteiger partial charge is 0.224 e. The Kier molecular flexibility index (Phi) is 4.95. The molecule has 1 fully saturated rings. The zero-order valence-corrected chi connectivity index (χ0v) is 13.1. The number of sulfone groups is 1. The standard InChI is InChI=1S/C14H21N3O3S/c1-11(12-3-5-15-6-4-12)17(2)14(18)9-13-10-21(19,20)8-7-16-13/h3-6,11,13,16H,7-10H2,1-2H3. The Morgan fingerprint density at radius 2 is 2.14 bits per heavy atom. The molecule has 1 aliphatic heterocycles. The molecule has 2 rings (SSSR count). The number of aromatic nitrogens is 1. The van der Waals surface area contributed by atoms with Crippen molar-refractivity contribution >= 4 is 15.7 Å². The van der Waals surface area contributed by atoms with Crippen LogP contribution in [0.2, 0.25) is 0 Å². The summed E-state index contributed by atoms with van der Waals surface area (Å²) >= 11 is 0. The van der Waals surface area contributed by atoms with E-state index in [1.165, 1.54) is 0 Å². The molecule has 2 heterocycles. The first-order chi connectivity index (χ1) is 9.89. The van der Waals surface area contributed by atoms with E-state index in [2.05, 4.69) is 10.3 Å². The summed E-state index contributed by atoms with van der Waals surface area (Å²) in [6.45, 7) is 2.36. The van der Waals surface area contributed by atoms with Gasteiger partial charge in [-0.1, -0.05) is 0 Å². The predicted molar refractivity (Wildman–Crippen MR) is 80.5 cm³/mol. The van der Waals surface area contributed by atoms with Crippen LogP contribution in [0.1, 0.15) is 24.9 Å². The number of carbonyl (C=O) groups is 1. The Morgan fingerprint density at radius 1 is 1.48 bits per heavy atom. The molecular formula is C14H21N3O3S. The van der Waals surface area contributed by atoms with Crippen molar-refractivity contribution in [2.45, 2.75) is 25.4 Å². The third-order valence-electron chi connectivity index (χ3n) is 3.89. The molecule has 0 radical (unpaired) electrons. The van der Waals surface area contributed by atoms with Gasteiger partial charge < -0.3 is 10.2 Å². The van der Waals surface area contributed by atoms with Gasteiger partial charge in [-0.15, -0.1) is 0 Å². The van der Waals surface area contributed by atoms with E-state index in [1.807, 2.05) is 19.1 Å². The molecule has 1 aromatic rings. The Labute approximate surface area is 125 Å². The molecule has 21 heavy (non-hydrogen) atoms. The maximum atomic E-state index is 12.3. The molecule has 0 spiro atoms. The second kappa shape index (κ2) is 6.53. The van der Waals surface area contributed by atoms with Crippen molar-refractivity contribution in [2.24, 2.45) is 0 Å². The van der Waals surface area contributed by atoms with Crippen LogP contribution in [-0.2, 0) is 14.6 Å². The first kappa shape index (κ1) is 15.9. The third kappa shape index (κ3) is 4.25. The molecule has 1 aromatic heterocycles. The molecule has 1 saturated heterocycles. The second-order valence-electron chi connectivity index (χ2n) is 5.43. The van der Waals surface area contributed by atoms with Crippen LogP contribution in [-0.4, -0.2) is 55.3 Å². The number of amides is 1. The monoisotopic (exact) mass is 311 g/mol. The molecule has 2 unspecified atom stereocenters. The minimum absolute atomic E-state index is 0.0379. The van der Waals surface area contributed by atoms with Crippen LogP contribution in [0.25, 0.3) is 0 Å². The van der Waals surface area contributed by atoms with Crippen LogP contribution < -0.4 is 5.32 Å². The Bertz CT molecular complexity index is 589. The lowest BCUT2D eigenvalue weighted by molar-refractivity contribution is -0.132. The molecule has 0 aromatic carbocycles. The van der Waals surface area contributed by atoms with Crippen LogP contribution in [0.5, 0.6) is 0 Å². The van der Waals surface area contributed by atoms with Gasteiger partial charge in [-0.25, -0.2) is 8.42 Å². The summed E-state index contributed by atoms with van der Waals surface area (Å²) in [5.41, 5.74) is 1.00. The number of rotatable bonds is 4. The Balaban J connectivity index is 1.96. The van der Waals surface area contributed by atoms with Crippen LogP contribution in [0.4, 0.5) is 0 Å². The molecule has 0 saturated carbocycles. The van der Waals surface area contributed by atoms with Crippen LogP contribution in [0, 0.1) is 0 Å². The zero-order valence-electron chi connectivity index (χ0n) is 12.3. The molecular weight excluding hydrogens is 290 g/mol. The second-order valence-corrected chi connectivity index (χ2v) is 7.66. The first-order valence-corrected chi connectivity index (χ1v) is 8.80. The molecule has 1 amide bonds. The van der Waals surface area contributed by atoms with E-state index < -0.39 is 9.84 Å². The van der Waals surface area contributed by atoms with Gasteiger partial charge in [0.05, 0.1) is 17.5 Å². The summed E-state index contributed by atoms with van der Waals surface area (Å²) in [7, 11) is -1.28. The fourth-order valence-corrected chi connectivity index (χ4v) is 3.88. The summed E-state index contributed by atoms with van der Waals surface area (Å²) in [5, 5.41) is 3.10. The summed E-state index contributed by atoms with van der Waals surface area (Å²) < 4.78 is 23.2. The topological polar surface area (TPSA) is 79.4 Å².